The van der Waals surface area contributed by atoms with Gasteiger partial charge in [-0.2, -0.15) is 0 Å². The first-order chi connectivity index (χ1) is 7.11. The van der Waals surface area contributed by atoms with Crippen molar-refractivity contribution >= 4 is 5.97 Å². The summed E-state index contributed by atoms with van der Waals surface area (Å²) in [7, 11) is 0. The lowest BCUT2D eigenvalue weighted by atomic mass is 9.87. The summed E-state index contributed by atoms with van der Waals surface area (Å²) in [5, 5.41) is 17.8. The van der Waals surface area contributed by atoms with E-state index in [0.717, 1.165) is 25.7 Å². The van der Waals surface area contributed by atoms with Crippen LogP contribution in [0.1, 0.15) is 39.0 Å². The van der Waals surface area contributed by atoms with Crippen LogP contribution in [-0.2, 0) is 9.53 Å². The predicted octanol–water partition coefficient (Wildman–Crippen LogP) is 1.42. The van der Waals surface area contributed by atoms with Crippen molar-refractivity contribution in [2.24, 2.45) is 5.92 Å². The highest BCUT2D eigenvalue weighted by Crippen LogP contribution is 2.36. The van der Waals surface area contributed by atoms with Crippen molar-refractivity contribution in [2.75, 3.05) is 13.2 Å². The zero-order valence-corrected chi connectivity index (χ0v) is 9.24. The van der Waals surface area contributed by atoms with Crippen LogP contribution in [0.2, 0.25) is 0 Å². The highest BCUT2D eigenvalue weighted by Gasteiger charge is 2.43. The predicted molar refractivity (Wildman–Crippen MR) is 55.7 cm³/mol. The number of ether oxygens (including phenoxy) is 1. The molecule has 1 atom stereocenters. The number of hydrogen-bond donors (Lipinski definition) is 2. The van der Waals surface area contributed by atoms with Crippen LogP contribution >= 0.6 is 0 Å². The Balaban J connectivity index is 2.56. The molecule has 15 heavy (non-hydrogen) atoms. The summed E-state index contributed by atoms with van der Waals surface area (Å²) in [6.45, 7) is 2.01. The molecule has 1 unspecified atom stereocenters. The van der Waals surface area contributed by atoms with Gasteiger partial charge in [0.2, 0.25) is 0 Å². The van der Waals surface area contributed by atoms with Crippen LogP contribution in [0.4, 0.5) is 0 Å². The minimum atomic E-state index is -1.06. The topological polar surface area (TPSA) is 66.8 Å². The Bertz CT molecular complexity index is 211. The van der Waals surface area contributed by atoms with Crippen molar-refractivity contribution in [1.82, 2.24) is 0 Å². The van der Waals surface area contributed by atoms with Crippen LogP contribution < -0.4 is 0 Å². The summed E-state index contributed by atoms with van der Waals surface area (Å²) in [6.07, 6.45) is 4.55. The Labute approximate surface area is 90.2 Å². The third-order valence-corrected chi connectivity index (χ3v) is 3.26. The zero-order valence-electron chi connectivity index (χ0n) is 9.24. The molecular formula is C11H20O4. The van der Waals surface area contributed by atoms with E-state index in [4.69, 9.17) is 9.84 Å². The zero-order chi connectivity index (χ0) is 11.3. The molecule has 0 aromatic rings. The molecule has 1 aliphatic carbocycles. The van der Waals surface area contributed by atoms with E-state index < -0.39 is 11.6 Å². The molecule has 0 heterocycles. The second-order valence-corrected chi connectivity index (χ2v) is 4.32. The third-order valence-electron chi connectivity index (χ3n) is 3.26. The standard InChI is InChI=1S/C11H20O4/c1-11(10(13)14,15-8-4-7-12)9-5-2-3-6-9/h9,12H,2-8H2,1H3,(H,13,14). The monoisotopic (exact) mass is 216 g/mol. The van der Waals surface area contributed by atoms with Gasteiger partial charge in [0.1, 0.15) is 0 Å². The van der Waals surface area contributed by atoms with Crippen molar-refractivity contribution in [3.05, 3.63) is 0 Å². The molecule has 1 rings (SSSR count). The summed E-state index contributed by atoms with van der Waals surface area (Å²) in [5.41, 5.74) is -1.06. The van der Waals surface area contributed by atoms with Gasteiger partial charge in [0.05, 0.1) is 6.61 Å². The van der Waals surface area contributed by atoms with Gasteiger partial charge in [0.15, 0.2) is 5.60 Å². The molecule has 0 amide bonds. The average Bonchev–Trinajstić information content (AvgIpc) is 2.70. The van der Waals surface area contributed by atoms with Crippen LogP contribution in [0.3, 0.4) is 0 Å². The number of carbonyl (C=O) groups is 1. The fourth-order valence-corrected chi connectivity index (χ4v) is 2.18. The Morgan fingerprint density at radius 2 is 2.07 bits per heavy atom. The first-order valence-electron chi connectivity index (χ1n) is 5.59. The molecule has 1 aliphatic rings. The fourth-order valence-electron chi connectivity index (χ4n) is 2.18. The van der Waals surface area contributed by atoms with Gasteiger partial charge in [0, 0.05) is 6.61 Å². The molecule has 2 N–H and O–H groups in total. The van der Waals surface area contributed by atoms with Gasteiger partial charge in [0.25, 0.3) is 0 Å². The highest BCUT2D eigenvalue weighted by molar-refractivity contribution is 5.77. The SMILES string of the molecule is CC(OCCCO)(C(=O)O)C1CCCC1. The van der Waals surface area contributed by atoms with Crippen LogP contribution in [0.5, 0.6) is 0 Å². The number of carboxylic acid groups (broad SMARTS) is 1. The van der Waals surface area contributed by atoms with Gasteiger partial charge in [-0.3, -0.25) is 0 Å². The maximum Gasteiger partial charge on any atom is 0.335 e. The van der Waals surface area contributed by atoms with Crippen molar-refractivity contribution in [3.63, 3.8) is 0 Å². The molecule has 0 spiro atoms. The first kappa shape index (κ1) is 12.5. The maximum absolute atomic E-state index is 11.2. The van der Waals surface area contributed by atoms with Gasteiger partial charge in [-0.1, -0.05) is 12.8 Å². The van der Waals surface area contributed by atoms with E-state index in [-0.39, 0.29) is 12.5 Å². The van der Waals surface area contributed by atoms with Crippen molar-refractivity contribution in [2.45, 2.75) is 44.6 Å². The maximum atomic E-state index is 11.2. The van der Waals surface area contributed by atoms with E-state index >= 15 is 0 Å². The molecule has 4 heteroatoms. The second kappa shape index (κ2) is 5.47. The lowest BCUT2D eigenvalue weighted by Gasteiger charge is -2.31. The largest absolute Gasteiger partial charge is 0.479 e. The van der Waals surface area contributed by atoms with E-state index in [2.05, 4.69) is 0 Å². The minimum absolute atomic E-state index is 0.0420. The van der Waals surface area contributed by atoms with Crippen molar-refractivity contribution in [3.8, 4) is 0 Å². The molecule has 0 aromatic carbocycles. The summed E-state index contributed by atoms with van der Waals surface area (Å²) < 4.78 is 5.46. The molecule has 0 aliphatic heterocycles. The van der Waals surface area contributed by atoms with Crippen molar-refractivity contribution in [1.29, 1.82) is 0 Å². The van der Waals surface area contributed by atoms with Gasteiger partial charge < -0.3 is 14.9 Å². The molecule has 4 nitrogen and oxygen atoms in total. The van der Waals surface area contributed by atoms with Crippen LogP contribution in [-0.4, -0.2) is 35.0 Å². The molecule has 0 radical (unpaired) electrons. The summed E-state index contributed by atoms with van der Waals surface area (Å²) in [5.74, 6) is -0.763. The molecule has 88 valence electrons. The summed E-state index contributed by atoms with van der Waals surface area (Å²) in [6, 6.07) is 0. The van der Waals surface area contributed by atoms with E-state index in [1.54, 1.807) is 6.92 Å². The molecular weight excluding hydrogens is 196 g/mol. The minimum Gasteiger partial charge on any atom is -0.479 e. The van der Waals surface area contributed by atoms with E-state index in [1.807, 2.05) is 0 Å². The molecule has 0 saturated heterocycles. The van der Waals surface area contributed by atoms with Crippen LogP contribution in [0, 0.1) is 5.92 Å². The second-order valence-electron chi connectivity index (χ2n) is 4.32. The number of carboxylic acids is 1. The van der Waals surface area contributed by atoms with Crippen LogP contribution in [0.25, 0.3) is 0 Å². The van der Waals surface area contributed by atoms with Gasteiger partial charge in [-0.05, 0) is 32.1 Å². The smallest absolute Gasteiger partial charge is 0.335 e. The lowest BCUT2D eigenvalue weighted by Crippen LogP contribution is -2.45. The molecule has 0 bridgehead atoms. The molecule has 0 aromatic heterocycles. The average molecular weight is 216 g/mol. The van der Waals surface area contributed by atoms with E-state index in [0.29, 0.717) is 13.0 Å². The Morgan fingerprint density at radius 1 is 1.47 bits per heavy atom. The lowest BCUT2D eigenvalue weighted by molar-refractivity contribution is -0.172. The van der Waals surface area contributed by atoms with Crippen LogP contribution in [0.15, 0.2) is 0 Å². The van der Waals surface area contributed by atoms with Gasteiger partial charge >= 0.3 is 5.97 Å². The summed E-state index contributed by atoms with van der Waals surface area (Å²) >= 11 is 0. The summed E-state index contributed by atoms with van der Waals surface area (Å²) in [4.78, 5) is 11.2. The van der Waals surface area contributed by atoms with Gasteiger partial charge in [-0.25, -0.2) is 4.79 Å². The Morgan fingerprint density at radius 3 is 2.53 bits per heavy atom. The highest BCUT2D eigenvalue weighted by atomic mass is 16.5. The number of aliphatic hydroxyl groups is 1. The van der Waals surface area contributed by atoms with E-state index in [1.165, 1.54) is 0 Å². The van der Waals surface area contributed by atoms with Crippen molar-refractivity contribution < 1.29 is 19.7 Å². The molecule has 1 saturated carbocycles. The fraction of sp³-hybridized carbons (Fsp3) is 0.909. The number of rotatable bonds is 6. The quantitative estimate of drug-likeness (QED) is 0.659. The number of hydrogen-bond acceptors (Lipinski definition) is 3. The molecule has 1 fully saturated rings. The van der Waals surface area contributed by atoms with Gasteiger partial charge in [-0.15, -0.1) is 0 Å². The number of aliphatic carboxylic acids is 1. The third kappa shape index (κ3) is 2.92. The van der Waals surface area contributed by atoms with E-state index in [9.17, 15) is 9.90 Å². The normalized spacial score (nSPS) is 21.5. The number of aliphatic hydroxyl groups excluding tert-OH is 1. The first-order valence-corrected chi connectivity index (χ1v) is 5.59. The Kier molecular flexibility index (Phi) is 4.54. The Hall–Kier alpha value is -0.610.